The highest BCUT2D eigenvalue weighted by molar-refractivity contribution is 8.03. The Labute approximate surface area is 207 Å². The Bertz CT molecular complexity index is 1160. The molecule has 0 atom stereocenters. The zero-order valence-electron chi connectivity index (χ0n) is 20.1. The van der Waals surface area contributed by atoms with E-state index in [2.05, 4.69) is 83.4 Å². The second-order valence-corrected chi connectivity index (χ2v) is 10.1. The number of anilines is 1. The van der Waals surface area contributed by atoms with Gasteiger partial charge in [-0.3, -0.25) is 4.79 Å². The summed E-state index contributed by atoms with van der Waals surface area (Å²) in [5.74, 6) is -0.676. The number of aryl methyl sites for hydroxylation is 1. The van der Waals surface area contributed by atoms with Crippen molar-refractivity contribution in [2.75, 3.05) is 11.4 Å². The van der Waals surface area contributed by atoms with Crippen LogP contribution in [0.1, 0.15) is 63.4 Å². The molecule has 0 fully saturated rings. The molecule has 34 heavy (non-hydrogen) atoms. The van der Waals surface area contributed by atoms with E-state index in [-0.39, 0.29) is 0 Å². The molecule has 1 N–H and O–H groups in total. The molecule has 1 aliphatic rings. The summed E-state index contributed by atoms with van der Waals surface area (Å²) in [4.78, 5) is 14.4. The highest BCUT2D eigenvalue weighted by Gasteiger charge is 2.24. The molecule has 0 unspecified atom stereocenters. The van der Waals surface area contributed by atoms with Crippen LogP contribution in [0, 0.1) is 0 Å². The smallest absolute Gasteiger partial charge is 0.303 e. The first kappa shape index (κ1) is 24.3. The van der Waals surface area contributed by atoms with Crippen LogP contribution in [-0.2, 0) is 11.8 Å². The lowest BCUT2D eigenvalue weighted by Gasteiger charge is -2.20. The van der Waals surface area contributed by atoms with E-state index in [4.69, 9.17) is 5.11 Å². The molecule has 4 rings (SSSR count). The maximum atomic E-state index is 10.6. The molecule has 1 aliphatic heterocycles. The van der Waals surface area contributed by atoms with Gasteiger partial charge in [-0.1, -0.05) is 74.6 Å². The molecule has 0 radical (unpaired) electrons. The largest absolute Gasteiger partial charge is 0.481 e. The van der Waals surface area contributed by atoms with E-state index in [1.165, 1.54) is 64.2 Å². The molecule has 1 aromatic heterocycles. The van der Waals surface area contributed by atoms with Gasteiger partial charge >= 0.3 is 5.97 Å². The summed E-state index contributed by atoms with van der Waals surface area (Å²) in [7, 11) is 2.10. The van der Waals surface area contributed by atoms with Crippen LogP contribution in [-0.4, -0.2) is 17.6 Å². The highest BCUT2D eigenvalue weighted by atomic mass is 32.2. The van der Waals surface area contributed by atoms with Gasteiger partial charge in [-0.2, -0.15) is 0 Å². The van der Waals surface area contributed by atoms with Gasteiger partial charge in [0, 0.05) is 30.0 Å². The van der Waals surface area contributed by atoms with Crippen molar-refractivity contribution in [1.82, 2.24) is 0 Å². The molecule has 0 saturated heterocycles. The number of rotatable bonds is 12. The summed E-state index contributed by atoms with van der Waals surface area (Å²) in [6.07, 6.45) is 13.9. The Morgan fingerprint density at radius 3 is 2.38 bits per heavy atom. The van der Waals surface area contributed by atoms with E-state index in [0.717, 1.165) is 25.8 Å². The molecule has 4 nitrogen and oxygen atoms in total. The molecule has 5 heteroatoms. The number of benzene rings is 2. The van der Waals surface area contributed by atoms with Crippen molar-refractivity contribution < 1.29 is 14.5 Å². The SMILES string of the molecule is C[n+]1ccc(C=C2Sc3ccccc3N2CCCCCCCCCCC(=O)O)c2ccccc21. The number of hydrogen-bond donors (Lipinski definition) is 1. The second-order valence-electron chi connectivity index (χ2n) is 9.08. The minimum atomic E-state index is -0.676. The standard InChI is InChI=1S/C29H34N2O2S/c1-30-21-19-23(24-14-9-10-15-25(24)30)22-28-31(26-16-11-12-17-27(26)34-28)20-13-7-5-3-2-4-6-8-18-29(32)33/h9-12,14-17,19,21-22H,2-8,13,18,20H2,1H3/p+1. The lowest BCUT2D eigenvalue weighted by Crippen LogP contribution is -2.28. The number of carboxylic acids is 1. The average Bonchev–Trinajstić information content (AvgIpc) is 3.19. The van der Waals surface area contributed by atoms with Gasteiger partial charge in [0.1, 0.15) is 7.05 Å². The zero-order valence-corrected chi connectivity index (χ0v) is 20.9. The van der Waals surface area contributed by atoms with Gasteiger partial charge in [-0.15, -0.1) is 0 Å². The summed E-state index contributed by atoms with van der Waals surface area (Å²) in [6.45, 7) is 1.03. The third-order valence-corrected chi connectivity index (χ3v) is 7.62. The lowest BCUT2D eigenvalue weighted by atomic mass is 10.1. The Morgan fingerprint density at radius 1 is 0.912 bits per heavy atom. The Kier molecular flexibility index (Phi) is 8.64. The molecular formula is C29H35N2O2S+. The predicted molar refractivity (Wildman–Crippen MR) is 142 cm³/mol. The van der Waals surface area contributed by atoms with Crippen molar-refractivity contribution >= 4 is 40.4 Å². The number of unbranched alkanes of at least 4 members (excludes halogenated alkanes) is 7. The van der Waals surface area contributed by atoms with Crippen LogP contribution >= 0.6 is 11.8 Å². The molecule has 2 aromatic carbocycles. The van der Waals surface area contributed by atoms with Crippen molar-refractivity contribution in [2.24, 2.45) is 7.05 Å². The van der Waals surface area contributed by atoms with Crippen molar-refractivity contribution in [2.45, 2.75) is 62.7 Å². The van der Waals surface area contributed by atoms with Crippen LogP contribution in [0.15, 0.2) is 70.7 Å². The number of hydrogen-bond acceptors (Lipinski definition) is 3. The number of thioether (sulfide) groups is 1. The number of aliphatic carboxylic acids is 1. The van der Waals surface area contributed by atoms with Crippen LogP contribution in [0.5, 0.6) is 0 Å². The number of nitrogens with zero attached hydrogens (tertiary/aromatic N) is 2. The first-order valence-electron chi connectivity index (χ1n) is 12.5. The Hall–Kier alpha value is -2.79. The van der Waals surface area contributed by atoms with Crippen LogP contribution in [0.3, 0.4) is 0 Å². The van der Waals surface area contributed by atoms with Crippen LogP contribution in [0.2, 0.25) is 0 Å². The quantitative estimate of drug-likeness (QED) is 0.223. The maximum Gasteiger partial charge on any atom is 0.303 e. The first-order valence-corrected chi connectivity index (χ1v) is 13.3. The summed E-state index contributed by atoms with van der Waals surface area (Å²) < 4.78 is 2.18. The number of carboxylic acid groups (broad SMARTS) is 1. The number of carbonyl (C=O) groups is 1. The Morgan fingerprint density at radius 2 is 1.59 bits per heavy atom. The van der Waals surface area contributed by atoms with Gasteiger partial charge in [-0.25, -0.2) is 4.57 Å². The first-order chi connectivity index (χ1) is 16.6. The lowest BCUT2D eigenvalue weighted by molar-refractivity contribution is -0.644. The van der Waals surface area contributed by atoms with Crippen molar-refractivity contribution in [3.05, 3.63) is 71.4 Å². The number of fused-ring (bicyclic) bond motifs is 2. The van der Waals surface area contributed by atoms with Gasteiger partial charge < -0.3 is 10.0 Å². The van der Waals surface area contributed by atoms with E-state index in [1.54, 1.807) is 0 Å². The van der Waals surface area contributed by atoms with Crippen molar-refractivity contribution in [3.8, 4) is 0 Å². The van der Waals surface area contributed by atoms with E-state index in [1.807, 2.05) is 11.8 Å². The molecule has 0 bridgehead atoms. The normalized spacial score (nSPS) is 14.1. The molecule has 0 spiro atoms. The zero-order chi connectivity index (χ0) is 23.8. The second kappa shape index (κ2) is 12.1. The average molecular weight is 476 g/mol. The molecule has 2 heterocycles. The van der Waals surface area contributed by atoms with Gasteiger partial charge in [0.05, 0.1) is 16.1 Å². The van der Waals surface area contributed by atoms with E-state index >= 15 is 0 Å². The fraction of sp³-hybridized carbons (Fsp3) is 0.379. The van der Waals surface area contributed by atoms with E-state index in [0.29, 0.717) is 6.42 Å². The van der Waals surface area contributed by atoms with E-state index in [9.17, 15) is 4.79 Å². The monoisotopic (exact) mass is 475 g/mol. The third kappa shape index (κ3) is 6.20. The molecular weight excluding hydrogens is 440 g/mol. The minimum absolute atomic E-state index is 0.308. The molecule has 0 amide bonds. The van der Waals surface area contributed by atoms with Gasteiger partial charge in [0.2, 0.25) is 5.52 Å². The van der Waals surface area contributed by atoms with Gasteiger partial charge in [0.15, 0.2) is 6.20 Å². The maximum absolute atomic E-state index is 10.6. The molecule has 0 aliphatic carbocycles. The molecule has 3 aromatic rings. The van der Waals surface area contributed by atoms with Crippen molar-refractivity contribution in [3.63, 3.8) is 0 Å². The summed E-state index contributed by atoms with van der Waals surface area (Å²) in [5, 5.41) is 11.3. The highest BCUT2D eigenvalue weighted by Crippen LogP contribution is 2.46. The Balaban J connectivity index is 1.36. The van der Waals surface area contributed by atoms with E-state index < -0.39 is 5.97 Å². The van der Waals surface area contributed by atoms with Gasteiger partial charge in [-0.05, 0) is 42.7 Å². The number of aromatic nitrogens is 1. The van der Waals surface area contributed by atoms with Crippen LogP contribution in [0.25, 0.3) is 17.0 Å². The molecule has 0 saturated carbocycles. The number of para-hydroxylation sites is 2. The summed E-state index contributed by atoms with van der Waals surface area (Å²) >= 11 is 1.87. The predicted octanol–water partition coefficient (Wildman–Crippen LogP) is 7.17. The summed E-state index contributed by atoms with van der Waals surface area (Å²) in [6, 6.07) is 19.5. The molecule has 178 valence electrons. The van der Waals surface area contributed by atoms with Crippen LogP contribution < -0.4 is 9.47 Å². The fourth-order valence-corrected chi connectivity index (χ4v) is 5.78. The minimum Gasteiger partial charge on any atom is -0.481 e. The van der Waals surface area contributed by atoms with Crippen LogP contribution in [0.4, 0.5) is 5.69 Å². The third-order valence-electron chi connectivity index (χ3n) is 6.51. The summed E-state index contributed by atoms with van der Waals surface area (Å²) in [5.41, 5.74) is 3.83. The van der Waals surface area contributed by atoms with Gasteiger partial charge in [0.25, 0.3) is 0 Å². The van der Waals surface area contributed by atoms with Crippen molar-refractivity contribution in [1.29, 1.82) is 0 Å². The number of pyridine rings is 1. The fourth-order valence-electron chi connectivity index (χ4n) is 4.64. The topological polar surface area (TPSA) is 44.4 Å².